The van der Waals surface area contributed by atoms with E-state index in [9.17, 15) is 14.0 Å². The molecule has 0 saturated carbocycles. The SMILES string of the molecule is CC1(C)COCCN1c1cc2c(cc1F)C(=O)C(=O)N2. The van der Waals surface area contributed by atoms with Crippen molar-refractivity contribution >= 4 is 23.1 Å². The molecule has 6 heteroatoms. The van der Waals surface area contributed by atoms with Crippen LogP contribution in [0.25, 0.3) is 0 Å². The summed E-state index contributed by atoms with van der Waals surface area (Å²) >= 11 is 0. The number of anilines is 2. The fourth-order valence-electron chi connectivity index (χ4n) is 2.67. The Bertz CT molecular complexity index is 613. The number of hydrogen-bond acceptors (Lipinski definition) is 4. The van der Waals surface area contributed by atoms with Crippen molar-refractivity contribution in [2.75, 3.05) is 30.0 Å². The molecule has 3 rings (SSSR count). The number of rotatable bonds is 1. The summed E-state index contributed by atoms with van der Waals surface area (Å²) in [5.74, 6) is -1.90. The van der Waals surface area contributed by atoms with E-state index in [0.29, 0.717) is 31.1 Å². The highest BCUT2D eigenvalue weighted by Crippen LogP contribution is 2.35. The molecule has 0 unspecified atom stereocenters. The monoisotopic (exact) mass is 278 g/mol. The van der Waals surface area contributed by atoms with Crippen LogP contribution in [0.4, 0.5) is 15.8 Å². The van der Waals surface area contributed by atoms with E-state index in [2.05, 4.69) is 5.32 Å². The second kappa shape index (κ2) is 4.28. The lowest BCUT2D eigenvalue weighted by atomic mass is 10.00. The van der Waals surface area contributed by atoms with E-state index in [4.69, 9.17) is 4.74 Å². The second-order valence-electron chi connectivity index (χ2n) is 5.65. The molecule has 0 aliphatic carbocycles. The summed E-state index contributed by atoms with van der Waals surface area (Å²) in [6.45, 7) is 5.50. The van der Waals surface area contributed by atoms with Gasteiger partial charge in [-0.25, -0.2) is 4.39 Å². The van der Waals surface area contributed by atoms with E-state index >= 15 is 0 Å². The minimum absolute atomic E-state index is 0.0994. The van der Waals surface area contributed by atoms with Gasteiger partial charge in [0.15, 0.2) is 0 Å². The summed E-state index contributed by atoms with van der Waals surface area (Å²) in [4.78, 5) is 24.8. The summed E-state index contributed by atoms with van der Waals surface area (Å²) < 4.78 is 19.7. The first-order valence-corrected chi connectivity index (χ1v) is 6.45. The van der Waals surface area contributed by atoms with Gasteiger partial charge in [0, 0.05) is 6.54 Å². The van der Waals surface area contributed by atoms with Crippen molar-refractivity contribution in [3.8, 4) is 0 Å². The molecule has 1 fully saturated rings. The van der Waals surface area contributed by atoms with Crippen molar-refractivity contribution in [3.63, 3.8) is 0 Å². The Labute approximate surface area is 115 Å². The molecule has 5 nitrogen and oxygen atoms in total. The van der Waals surface area contributed by atoms with E-state index in [1.165, 1.54) is 6.07 Å². The maximum atomic E-state index is 14.3. The Morgan fingerprint density at radius 1 is 1.35 bits per heavy atom. The number of hydrogen-bond donors (Lipinski definition) is 1. The van der Waals surface area contributed by atoms with Gasteiger partial charge in [-0.15, -0.1) is 0 Å². The van der Waals surface area contributed by atoms with Crippen LogP contribution in [0.1, 0.15) is 24.2 Å². The normalized spacial score (nSPS) is 20.9. The summed E-state index contributed by atoms with van der Waals surface area (Å²) in [6, 6.07) is 2.66. The highest BCUT2D eigenvalue weighted by molar-refractivity contribution is 6.51. The van der Waals surface area contributed by atoms with Crippen molar-refractivity contribution in [1.29, 1.82) is 0 Å². The van der Waals surface area contributed by atoms with Crippen LogP contribution in [0.5, 0.6) is 0 Å². The highest BCUT2D eigenvalue weighted by atomic mass is 19.1. The number of ketones is 1. The Kier molecular flexibility index (Phi) is 2.79. The second-order valence-corrected chi connectivity index (χ2v) is 5.65. The molecular weight excluding hydrogens is 263 g/mol. The summed E-state index contributed by atoms with van der Waals surface area (Å²) in [6.07, 6.45) is 0. The third-order valence-electron chi connectivity index (χ3n) is 3.72. The quantitative estimate of drug-likeness (QED) is 0.792. The Balaban J connectivity index is 2.06. The van der Waals surface area contributed by atoms with Crippen LogP contribution in [0.2, 0.25) is 0 Å². The Hall–Kier alpha value is -1.95. The van der Waals surface area contributed by atoms with E-state index in [0.717, 1.165) is 6.07 Å². The fourth-order valence-corrected chi connectivity index (χ4v) is 2.67. The molecule has 2 aliphatic rings. The van der Waals surface area contributed by atoms with Gasteiger partial charge in [0.2, 0.25) is 0 Å². The zero-order chi connectivity index (χ0) is 14.5. The number of benzene rings is 1. The predicted octanol–water partition coefficient (Wildman–Crippen LogP) is 1.58. The number of nitrogens with one attached hydrogen (secondary N) is 1. The van der Waals surface area contributed by atoms with Crippen molar-refractivity contribution in [1.82, 2.24) is 0 Å². The van der Waals surface area contributed by atoms with Gasteiger partial charge in [0.25, 0.3) is 11.7 Å². The number of nitrogens with zero attached hydrogens (tertiary/aromatic N) is 1. The van der Waals surface area contributed by atoms with Gasteiger partial charge in [-0.05, 0) is 26.0 Å². The third kappa shape index (κ3) is 1.87. The van der Waals surface area contributed by atoms with Crippen LogP contribution in [0.15, 0.2) is 12.1 Å². The number of halogens is 1. The molecule has 0 bridgehead atoms. The van der Waals surface area contributed by atoms with Gasteiger partial charge in [-0.1, -0.05) is 0 Å². The highest BCUT2D eigenvalue weighted by Gasteiger charge is 2.35. The first kappa shape index (κ1) is 13.1. The Morgan fingerprint density at radius 3 is 2.80 bits per heavy atom. The minimum atomic E-state index is -0.710. The maximum Gasteiger partial charge on any atom is 0.296 e. The van der Waals surface area contributed by atoms with Gasteiger partial charge in [-0.2, -0.15) is 0 Å². The molecule has 1 aromatic carbocycles. The van der Waals surface area contributed by atoms with Gasteiger partial charge in [-0.3, -0.25) is 9.59 Å². The van der Waals surface area contributed by atoms with Gasteiger partial charge < -0.3 is 15.0 Å². The summed E-state index contributed by atoms with van der Waals surface area (Å²) in [5.41, 5.74) is 0.507. The minimum Gasteiger partial charge on any atom is -0.377 e. The fraction of sp³-hybridized carbons (Fsp3) is 0.429. The van der Waals surface area contributed by atoms with E-state index in [1.54, 1.807) is 0 Å². The number of carbonyl (C=O) groups is 2. The molecule has 0 aromatic heterocycles. The molecular formula is C14H15FN2O3. The van der Waals surface area contributed by atoms with Gasteiger partial charge in [0.1, 0.15) is 5.82 Å². The molecule has 1 N–H and O–H groups in total. The molecule has 0 radical (unpaired) electrons. The summed E-state index contributed by atoms with van der Waals surface area (Å²) in [5, 5.41) is 2.47. The molecule has 2 aliphatic heterocycles. The molecule has 20 heavy (non-hydrogen) atoms. The smallest absolute Gasteiger partial charge is 0.296 e. The van der Waals surface area contributed by atoms with Crippen LogP contribution in [0, 0.1) is 5.82 Å². The van der Waals surface area contributed by atoms with E-state index in [1.807, 2.05) is 18.7 Å². The number of morpholine rings is 1. The van der Waals surface area contributed by atoms with E-state index in [-0.39, 0.29) is 11.1 Å². The lowest BCUT2D eigenvalue weighted by molar-refractivity contribution is -0.112. The number of fused-ring (bicyclic) bond motifs is 1. The molecule has 1 aromatic rings. The summed E-state index contributed by atoms with van der Waals surface area (Å²) in [7, 11) is 0. The van der Waals surface area contributed by atoms with Crippen molar-refractivity contribution in [2.45, 2.75) is 19.4 Å². The average Bonchev–Trinajstić information content (AvgIpc) is 2.65. The number of amides is 1. The van der Waals surface area contributed by atoms with Crippen LogP contribution in [0.3, 0.4) is 0 Å². The number of carbonyl (C=O) groups excluding carboxylic acids is 2. The van der Waals surface area contributed by atoms with Crippen LogP contribution < -0.4 is 10.2 Å². The topological polar surface area (TPSA) is 58.6 Å². The molecule has 0 spiro atoms. The van der Waals surface area contributed by atoms with Crippen molar-refractivity contribution in [2.24, 2.45) is 0 Å². The number of ether oxygens (including phenoxy) is 1. The molecule has 2 heterocycles. The van der Waals surface area contributed by atoms with Crippen LogP contribution >= 0.6 is 0 Å². The standard InChI is InChI=1S/C14H15FN2O3/c1-14(2)7-20-4-3-17(14)11-6-10-8(5-9(11)15)12(18)13(19)16-10/h5-6H,3-4,7H2,1-2H3,(H,16,18,19). The first-order chi connectivity index (χ1) is 9.40. The first-order valence-electron chi connectivity index (χ1n) is 6.45. The maximum absolute atomic E-state index is 14.3. The zero-order valence-corrected chi connectivity index (χ0v) is 11.3. The lowest BCUT2D eigenvalue weighted by Gasteiger charge is -2.44. The van der Waals surface area contributed by atoms with Gasteiger partial charge >= 0.3 is 0 Å². The molecule has 0 atom stereocenters. The third-order valence-corrected chi connectivity index (χ3v) is 3.72. The Morgan fingerprint density at radius 2 is 2.10 bits per heavy atom. The van der Waals surface area contributed by atoms with Gasteiger partial charge in [0.05, 0.1) is 35.7 Å². The zero-order valence-electron chi connectivity index (χ0n) is 11.3. The predicted molar refractivity (Wildman–Crippen MR) is 71.6 cm³/mol. The van der Waals surface area contributed by atoms with Crippen molar-refractivity contribution in [3.05, 3.63) is 23.5 Å². The number of Topliss-reactive ketones (excluding diaryl/α,β-unsaturated/α-hetero) is 1. The average molecular weight is 278 g/mol. The molecule has 1 saturated heterocycles. The molecule has 106 valence electrons. The van der Waals surface area contributed by atoms with Crippen molar-refractivity contribution < 1.29 is 18.7 Å². The van der Waals surface area contributed by atoms with Crippen LogP contribution in [-0.4, -0.2) is 37.0 Å². The van der Waals surface area contributed by atoms with E-state index < -0.39 is 17.5 Å². The van der Waals surface area contributed by atoms with Crippen LogP contribution in [-0.2, 0) is 9.53 Å². The largest absolute Gasteiger partial charge is 0.377 e. The molecule has 1 amide bonds. The lowest BCUT2D eigenvalue weighted by Crippen LogP contribution is -2.53.